The topological polar surface area (TPSA) is 254 Å². The van der Waals surface area contributed by atoms with E-state index >= 15 is 0 Å². The average Bonchev–Trinajstić information content (AvgIpc) is 3.35. The predicted molar refractivity (Wildman–Crippen MR) is 265 cm³/mol. The minimum atomic E-state index is -1.47. The normalized spacial score (nSPS) is 15.1. The number of hydrogen-bond donors (Lipinski definition) is 5. The third kappa shape index (κ3) is 17.2. The molecule has 3 aromatic carbocycles. The fourth-order valence-corrected chi connectivity index (χ4v) is 8.51. The van der Waals surface area contributed by atoms with Crippen LogP contribution in [0.25, 0.3) is 11.1 Å². The van der Waals surface area contributed by atoms with Crippen molar-refractivity contribution in [1.82, 2.24) is 20.9 Å². The third-order valence-electron chi connectivity index (χ3n) is 12.8. The molecule has 0 heterocycles. The van der Waals surface area contributed by atoms with E-state index in [-0.39, 0.29) is 42.6 Å². The quantitative estimate of drug-likeness (QED) is 0.0421. The number of nitrogens with two attached hydrogens (primary N) is 1. The second-order valence-corrected chi connectivity index (χ2v) is 18.7. The summed E-state index contributed by atoms with van der Waals surface area (Å²) >= 11 is 0. The summed E-state index contributed by atoms with van der Waals surface area (Å²) in [5, 5.41) is 17.0. The molecule has 0 aromatic heterocycles. The first-order chi connectivity index (χ1) is 33.7. The first kappa shape index (κ1) is 56.2. The van der Waals surface area contributed by atoms with Crippen LogP contribution < -0.4 is 26.4 Å². The van der Waals surface area contributed by atoms with Crippen LogP contribution in [0.1, 0.15) is 90.2 Å². The van der Waals surface area contributed by atoms with Crippen LogP contribution in [-0.2, 0) is 56.0 Å². The number of carbonyl (C=O) groups is 9. The first-order valence-corrected chi connectivity index (χ1v) is 23.9. The Morgan fingerprint density at radius 2 is 1.30 bits per heavy atom. The van der Waals surface area contributed by atoms with E-state index in [4.69, 9.17) is 15.6 Å². The van der Waals surface area contributed by atoms with Gasteiger partial charge in [0.2, 0.25) is 29.7 Å². The number of nitrogens with zero attached hydrogens (tertiary/aromatic N) is 3. The zero-order chi connectivity index (χ0) is 52.4. The largest absolute Gasteiger partial charge is 0.482 e. The molecule has 1 aliphatic carbocycles. The molecule has 0 saturated heterocycles. The number of amides is 7. The van der Waals surface area contributed by atoms with E-state index in [1.54, 1.807) is 12.1 Å². The molecule has 7 amide bonds. The van der Waals surface area contributed by atoms with Gasteiger partial charge in [-0.15, -0.1) is 0 Å². The Morgan fingerprint density at radius 3 is 1.85 bits per heavy atom. The molecule has 18 nitrogen and oxygen atoms in total. The van der Waals surface area contributed by atoms with E-state index in [0.29, 0.717) is 24.0 Å². The maximum Gasteiger partial charge on any atom is 0.456 e. The van der Waals surface area contributed by atoms with Crippen LogP contribution in [0.2, 0.25) is 0 Å². The highest BCUT2D eigenvalue weighted by Crippen LogP contribution is 2.28. The van der Waals surface area contributed by atoms with Gasteiger partial charge < -0.3 is 36.4 Å². The number of carboxylic acids is 1. The summed E-state index contributed by atoms with van der Waals surface area (Å²) in [6.45, 7) is 13.6. The molecule has 0 bridgehead atoms. The first-order valence-electron chi connectivity index (χ1n) is 23.9. The molecule has 18 heteroatoms. The Labute approximate surface area is 415 Å². The van der Waals surface area contributed by atoms with Crippen LogP contribution in [0.3, 0.4) is 0 Å². The lowest BCUT2D eigenvalue weighted by Gasteiger charge is -2.30. The lowest BCUT2D eigenvalue weighted by Crippen LogP contribution is -2.59. The van der Waals surface area contributed by atoms with Crippen molar-refractivity contribution in [3.05, 3.63) is 90.0 Å². The van der Waals surface area contributed by atoms with Crippen molar-refractivity contribution in [2.45, 2.75) is 128 Å². The van der Waals surface area contributed by atoms with Gasteiger partial charge in [0.15, 0.2) is 12.4 Å². The van der Waals surface area contributed by atoms with Crippen molar-refractivity contribution in [2.75, 3.05) is 13.7 Å². The van der Waals surface area contributed by atoms with E-state index in [0.717, 1.165) is 57.3 Å². The smallest absolute Gasteiger partial charge is 0.456 e. The summed E-state index contributed by atoms with van der Waals surface area (Å²) in [5.74, 6) is -5.89. The van der Waals surface area contributed by atoms with Crippen molar-refractivity contribution < 1.29 is 62.1 Å². The highest BCUT2D eigenvalue weighted by molar-refractivity contribution is 5.97. The molecule has 71 heavy (non-hydrogen) atoms. The number of carboxylic acid groups (broad SMARTS) is 1. The second kappa shape index (κ2) is 27.1. The van der Waals surface area contributed by atoms with E-state index in [9.17, 15) is 43.2 Å². The van der Waals surface area contributed by atoms with Crippen LogP contribution >= 0.6 is 0 Å². The zero-order valence-electron chi connectivity index (χ0n) is 41.3. The molecule has 0 unspecified atom stereocenters. The highest BCUT2D eigenvalue weighted by atomic mass is 16.5. The van der Waals surface area contributed by atoms with Gasteiger partial charge in [-0.1, -0.05) is 113 Å². The number of rotatable bonds is 27. The van der Waals surface area contributed by atoms with Crippen LogP contribution in [0.4, 0.5) is 0 Å². The molecule has 0 radical (unpaired) electrons. The van der Waals surface area contributed by atoms with Gasteiger partial charge in [0.1, 0.15) is 37.3 Å². The predicted octanol–water partition coefficient (Wildman–Crippen LogP) is 3.23. The fraction of sp³-hybridized carbons (Fsp3) is 0.453. The van der Waals surface area contributed by atoms with Gasteiger partial charge in [0, 0.05) is 19.9 Å². The van der Waals surface area contributed by atoms with Crippen molar-refractivity contribution in [3.8, 4) is 16.9 Å². The monoisotopic (exact) mass is 980 g/mol. The number of aliphatic carboxylic acids is 1. The number of likely N-dealkylation sites (N-methyl/N-ethyl adjacent to an activating group) is 1. The molecule has 6 atom stereocenters. The maximum absolute atomic E-state index is 14.7. The molecule has 380 valence electrons. The van der Waals surface area contributed by atoms with Gasteiger partial charge in [0.05, 0.1) is 12.5 Å². The molecule has 1 saturated carbocycles. The van der Waals surface area contributed by atoms with Gasteiger partial charge in [-0.2, -0.15) is 9.15 Å². The summed E-state index contributed by atoms with van der Waals surface area (Å²) < 4.78 is 7.16. The number of ether oxygens (including phenoxy) is 1. The Hall–Kier alpha value is -7.37. The van der Waals surface area contributed by atoms with E-state index in [1.165, 1.54) is 33.0 Å². The summed E-state index contributed by atoms with van der Waals surface area (Å²) in [6, 6.07) is 15.8. The third-order valence-corrected chi connectivity index (χ3v) is 12.8. The molecule has 1 fully saturated rings. The molecular formula is C53H69N7O11+2. The van der Waals surface area contributed by atoms with Gasteiger partial charge in [-0.3, -0.25) is 28.8 Å². The molecule has 0 aliphatic heterocycles. The molecule has 1 aliphatic rings. The number of nitrogens with one attached hydrogen (secondary N) is 3. The minimum absolute atomic E-state index is 0.00632. The Balaban J connectivity index is 1.58. The molecule has 6 N–H and O–H groups in total. The SMILES string of the molecule is C=[N+](C=O)[C@@H](Cc1ccc(-c2ccccc2)cc1)C(=O)[N+](=C)[C@@H](Cc1ccc(OCC(=O)O)cc1)C(=O)N(C)[C@@H](C)C(=O)N[C@H](CC(C)C)C(=O)N[C@@H](CC(N)=O)C(=O)N[C@@H](CC1CCCCC1)C(C)=O. The Bertz CT molecular complexity index is 2400. The zero-order valence-corrected chi connectivity index (χ0v) is 41.3. The lowest BCUT2D eigenvalue weighted by atomic mass is 9.84. The highest BCUT2D eigenvalue weighted by Gasteiger charge is 2.45. The second-order valence-electron chi connectivity index (χ2n) is 18.7. The summed E-state index contributed by atoms with van der Waals surface area (Å²) in [6.07, 6.45) is 5.17. The number of benzene rings is 3. The van der Waals surface area contributed by atoms with Crippen molar-refractivity contribution in [1.29, 1.82) is 0 Å². The number of primary amides is 1. The fourth-order valence-electron chi connectivity index (χ4n) is 8.51. The summed E-state index contributed by atoms with van der Waals surface area (Å²) in [4.78, 5) is 120. The summed E-state index contributed by atoms with van der Waals surface area (Å²) in [5.41, 5.74) is 8.60. The maximum atomic E-state index is 14.7. The number of hydrogen-bond acceptors (Lipinski definition) is 10. The number of carbonyl (C=O) groups excluding carboxylic acids is 8. The van der Waals surface area contributed by atoms with E-state index < -0.39 is 90.7 Å². The van der Waals surface area contributed by atoms with Crippen LogP contribution in [0, 0.1) is 11.8 Å². The average molecular weight is 980 g/mol. The van der Waals surface area contributed by atoms with Crippen LogP contribution in [0.5, 0.6) is 5.75 Å². The molecule has 0 spiro atoms. The van der Waals surface area contributed by atoms with E-state index in [1.807, 2.05) is 68.4 Å². The van der Waals surface area contributed by atoms with Crippen LogP contribution in [-0.4, -0.2) is 136 Å². The Kier molecular flexibility index (Phi) is 21.5. The molecule has 4 rings (SSSR count). The van der Waals surface area contributed by atoms with Crippen molar-refractivity contribution in [2.24, 2.45) is 17.6 Å². The van der Waals surface area contributed by atoms with Crippen molar-refractivity contribution >= 4 is 67.0 Å². The van der Waals surface area contributed by atoms with Crippen molar-refractivity contribution in [3.63, 3.8) is 0 Å². The van der Waals surface area contributed by atoms with Gasteiger partial charge in [-0.05, 0) is 72.9 Å². The van der Waals surface area contributed by atoms with Gasteiger partial charge in [0.25, 0.3) is 11.9 Å². The number of ketones is 1. The lowest BCUT2D eigenvalue weighted by molar-refractivity contribution is -0.518. The number of Topliss-reactive ketones (excluding diaryl/α,β-unsaturated/α-hetero) is 1. The standard InChI is InChI=1S/C53H67N7O11/c1-33(2)26-43(50(67)57-44(30-47(54)63)51(68)55-42(35(4)62)27-36-14-10-8-11-15-36)56-49(66)34(3)59(6)53(70)46(29-38-20-24-41(25-21-38)71-31-48(64)65)60(7)52(69)45(58(5)32-61)28-37-18-22-40(23-19-37)39-16-12-9-13-17-39/h9,12-13,16-25,32-34,36,42-46H,5,7-8,10-11,14-15,26-31H2,1-4,6H3,(H4-2,54,55,56,57,63,64,65,66,67,68)/p+2/t34-,42-,43+,44-,45-,46-/m0/s1. The minimum Gasteiger partial charge on any atom is -0.482 e. The summed E-state index contributed by atoms with van der Waals surface area (Å²) in [7, 11) is 1.34. The van der Waals surface area contributed by atoms with Crippen LogP contribution in [0.15, 0.2) is 78.9 Å². The Morgan fingerprint density at radius 1 is 0.761 bits per heavy atom. The molecule has 3 aromatic rings. The van der Waals surface area contributed by atoms with Gasteiger partial charge >= 0.3 is 18.3 Å². The molecular weight excluding hydrogens is 911 g/mol. The van der Waals surface area contributed by atoms with Gasteiger partial charge in [-0.25, -0.2) is 14.4 Å². The van der Waals surface area contributed by atoms with E-state index in [2.05, 4.69) is 29.4 Å².